The molecule has 2 aromatic heterocycles. The van der Waals surface area contributed by atoms with Gasteiger partial charge in [0.05, 0.1) is 40.0 Å². The third-order valence-corrected chi connectivity index (χ3v) is 3.90. The third kappa shape index (κ3) is 2.34. The summed E-state index contributed by atoms with van der Waals surface area (Å²) in [6.07, 6.45) is 1.69. The number of nitrogens with zero attached hydrogens (tertiary/aromatic N) is 4. The molecule has 5 nitrogen and oxygen atoms in total. The van der Waals surface area contributed by atoms with E-state index in [0.29, 0.717) is 11.6 Å². The van der Waals surface area contributed by atoms with Crippen molar-refractivity contribution in [2.45, 2.75) is 40.2 Å². The maximum Gasteiger partial charge on any atom is 0.0866 e. The number of aryl methyl sites for hydroxylation is 3. The highest BCUT2D eigenvalue weighted by molar-refractivity contribution is 6.31. The van der Waals surface area contributed by atoms with Crippen molar-refractivity contribution in [2.75, 3.05) is 5.73 Å². The average molecular weight is 282 g/mol. The predicted octanol–water partition coefficient (Wildman–Crippen LogP) is 2.33. The summed E-state index contributed by atoms with van der Waals surface area (Å²) in [5, 5.41) is 9.61. The number of hydrogen-bond acceptors (Lipinski definition) is 3. The number of anilines is 1. The molecule has 0 aliphatic carbocycles. The van der Waals surface area contributed by atoms with Crippen molar-refractivity contribution in [2.24, 2.45) is 7.05 Å². The van der Waals surface area contributed by atoms with Gasteiger partial charge in [-0.15, -0.1) is 0 Å². The summed E-state index contributed by atoms with van der Waals surface area (Å²) in [5.74, 6) is 0. The molecule has 0 bridgehead atoms. The fourth-order valence-electron chi connectivity index (χ4n) is 2.32. The van der Waals surface area contributed by atoms with Gasteiger partial charge in [0.2, 0.25) is 0 Å². The monoisotopic (exact) mass is 281 g/mol. The molecule has 2 rings (SSSR count). The summed E-state index contributed by atoms with van der Waals surface area (Å²) in [4.78, 5) is 0. The number of aromatic nitrogens is 4. The fourth-order valence-corrected chi connectivity index (χ4v) is 2.54. The molecule has 0 atom stereocenters. The van der Waals surface area contributed by atoms with Gasteiger partial charge in [-0.3, -0.25) is 9.36 Å². The van der Waals surface area contributed by atoms with Gasteiger partial charge in [0.15, 0.2) is 0 Å². The topological polar surface area (TPSA) is 61.7 Å². The largest absolute Gasteiger partial charge is 0.396 e. The van der Waals surface area contributed by atoms with Crippen LogP contribution < -0.4 is 5.73 Å². The van der Waals surface area contributed by atoms with E-state index < -0.39 is 0 Å². The molecule has 0 amide bonds. The van der Waals surface area contributed by atoms with Gasteiger partial charge in [-0.05, 0) is 19.8 Å². The molecular weight excluding hydrogens is 262 g/mol. The molecular formula is C13H20ClN5. The van der Waals surface area contributed by atoms with Gasteiger partial charge < -0.3 is 5.73 Å². The quantitative estimate of drug-likeness (QED) is 0.936. The Balaban J connectivity index is 2.43. The molecule has 0 aliphatic heterocycles. The first-order chi connectivity index (χ1) is 8.99. The number of nitrogen functional groups attached to an aromatic ring is 1. The zero-order valence-electron chi connectivity index (χ0n) is 11.9. The van der Waals surface area contributed by atoms with Crippen LogP contribution in [0.5, 0.6) is 0 Å². The van der Waals surface area contributed by atoms with Crippen LogP contribution in [0, 0.1) is 6.92 Å². The van der Waals surface area contributed by atoms with E-state index in [4.69, 9.17) is 17.3 Å². The first-order valence-corrected chi connectivity index (χ1v) is 6.89. The Morgan fingerprint density at radius 1 is 1.16 bits per heavy atom. The van der Waals surface area contributed by atoms with Crippen molar-refractivity contribution in [3.8, 4) is 0 Å². The second-order valence-electron chi connectivity index (χ2n) is 4.64. The molecule has 0 saturated carbocycles. The average Bonchev–Trinajstić information content (AvgIpc) is 2.81. The lowest BCUT2D eigenvalue weighted by atomic mass is 10.2. The number of halogens is 1. The number of rotatable bonds is 4. The van der Waals surface area contributed by atoms with Gasteiger partial charge in [0.1, 0.15) is 0 Å². The van der Waals surface area contributed by atoms with Crippen LogP contribution in [0.25, 0.3) is 0 Å². The summed E-state index contributed by atoms with van der Waals surface area (Å²) in [6.45, 7) is 6.65. The smallest absolute Gasteiger partial charge is 0.0866 e. The molecule has 0 saturated heterocycles. The van der Waals surface area contributed by atoms with E-state index in [0.717, 1.165) is 41.3 Å². The van der Waals surface area contributed by atoms with Crippen LogP contribution >= 0.6 is 11.6 Å². The molecule has 2 aromatic rings. The Hall–Kier alpha value is -1.49. The van der Waals surface area contributed by atoms with Crippen molar-refractivity contribution < 1.29 is 0 Å². The van der Waals surface area contributed by atoms with Crippen molar-refractivity contribution in [1.82, 2.24) is 19.6 Å². The van der Waals surface area contributed by atoms with Crippen molar-refractivity contribution in [3.63, 3.8) is 0 Å². The maximum absolute atomic E-state index is 6.28. The minimum absolute atomic E-state index is 0.601. The maximum atomic E-state index is 6.28. The molecule has 0 aliphatic rings. The minimum atomic E-state index is 0.601. The van der Waals surface area contributed by atoms with Crippen molar-refractivity contribution in [1.29, 1.82) is 0 Å². The van der Waals surface area contributed by atoms with Crippen LogP contribution in [-0.4, -0.2) is 19.6 Å². The summed E-state index contributed by atoms with van der Waals surface area (Å²) in [5.41, 5.74) is 10.7. The molecule has 0 aromatic carbocycles. The normalized spacial score (nSPS) is 11.2. The predicted molar refractivity (Wildman–Crippen MR) is 77.5 cm³/mol. The summed E-state index contributed by atoms with van der Waals surface area (Å²) < 4.78 is 3.75. The molecule has 6 heteroatoms. The second-order valence-corrected chi connectivity index (χ2v) is 5.02. The van der Waals surface area contributed by atoms with Crippen LogP contribution in [0.1, 0.15) is 36.6 Å². The Morgan fingerprint density at radius 3 is 2.32 bits per heavy atom. The van der Waals surface area contributed by atoms with Crippen molar-refractivity contribution >= 4 is 17.3 Å². The fraction of sp³-hybridized carbons (Fsp3) is 0.538. The van der Waals surface area contributed by atoms with Crippen LogP contribution in [0.2, 0.25) is 5.02 Å². The highest BCUT2D eigenvalue weighted by Gasteiger charge is 2.17. The molecule has 19 heavy (non-hydrogen) atoms. The van der Waals surface area contributed by atoms with E-state index in [9.17, 15) is 0 Å². The molecule has 104 valence electrons. The number of nitrogens with two attached hydrogens (primary N) is 1. The lowest BCUT2D eigenvalue weighted by Crippen LogP contribution is -2.10. The SMILES string of the molecule is CCc1nn(Cc2c(Cl)c(C)nn2C)c(CC)c1N. The highest BCUT2D eigenvalue weighted by Crippen LogP contribution is 2.23. The first-order valence-electron chi connectivity index (χ1n) is 6.51. The summed E-state index contributed by atoms with van der Waals surface area (Å²) in [6, 6.07) is 0. The van der Waals surface area contributed by atoms with E-state index in [-0.39, 0.29) is 0 Å². The molecule has 2 heterocycles. The minimum Gasteiger partial charge on any atom is -0.396 e. The Morgan fingerprint density at radius 2 is 1.84 bits per heavy atom. The van der Waals surface area contributed by atoms with Gasteiger partial charge in [-0.25, -0.2) is 0 Å². The van der Waals surface area contributed by atoms with Gasteiger partial charge in [-0.1, -0.05) is 25.4 Å². The lowest BCUT2D eigenvalue weighted by molar-refractivity contribution is 0.593. The van der Waals surface area contributed by atoms with Crippen LogP contribution in [0.15, 0.2) is 0 Å². The molecule has 0 radical (unpaired) electrons. The van der Waals surface area contributed by atoms with E-state index in [1.54, 1.807) is 4.68 Å². The lowest BCUT2D eigenvalue weighted by Gasteiger charge is -2.07. The van der Waals surface area contributed by atoms with Gasteiger partial charge in [-0.2, -0.15) is 10.2 Å². The first kappa shape index (κ1) is 13.9. The summed E-state index contributed by atoms with van der Waals surface area (Å²) in [7, 11) is 1.90. The summed E-state index contributed by atoms with van der Waals surface area (Å²) >= 11 is 6.28. The standard InChI is InChI=1S/C13H20ClN5/c1-5-9-13(15)10(6-2)19(17-9)7-11-12(14)8(3)16-18(11)4/h5-7,15H2,1-4H3. The second kappa shape index (κ2) is 5.25. The van der Waals surface area contributed by atoms with Gasteiger partial charge in [0.25, 0.3) is 0 Å². The Kier molecular flexibility index (Phi) is 3.85. The molecule has 0 unspecified atom stereocenters. The van der Waals surface area contributed by atoms with Crippen LogP contribution in [-0.2, 0) is 26.4 Å². The van der Waals surface area contributed by atoms with Gasteiger partial charge in [0, 0.05) is 7.05 Å². The van der Waals surface area contributed by atoms with E-state index in [1.165, 1.54) is 0 Å². The molecule has 2 N–H and O–H groups in total. The van der Waals surface area contributed by atoms with E-state index in [2.05, 4.69) is 24.0 Å². The van der Waals surface area contributed by atoms with Crippen molar-refractivity contribution in [3.05, 3.63) is 27.8 Å². The van der Waals surface area contributed by atoms with Crippen LogP contribution in [0.4, 0.5) is 5.69 Å². The highest BCUT2D eigenvalue weighted by atomic mass is 35.5. The van der Waals surface area contributed by atoms with Crippen LogP contribution in [0.3, 0.4) is 0 Å². The third-order valence-electron chi connectivity index (χ3n) is 3.41. The van der Waals surface area contributed by atoms with E-state index >= 15 is 0 Å². The zero-order chi connectivity index (χ0) is 14.2. The molecule has 0 fully saturated rings. The Bertz CT molecular complexity index is 597. The number of hydrogen-bond donors (Lipinski definition) is 1. The Labute approximate surface area is 118 Å². The van der Waals surface area contributed by atoms with E-state index in [1.807, 2.05) is 18.7 Å². The molecule has 0 spiro atoms. The van der Waals surface area contributed by atoms with Gasteiger partial charge >= 0.3 is 0 Å². The zero-order valence-corrected chi connectivity index (χ0v) is 12.6.